The van der Waals surface area contributed by atoms with Crippen LogP contribution in [-0.4, -0.2) is 11.7 Å². The van der Waals surface area contributed by atoms with Crippen LogP contribution in [0, 0.1) is 0 Å². The van der Waals surface area contributed by atoms with E-state index in [9.17, 15) is 0 Å². The van der Waals surface area contributed by atoms with Gasteiger partial charge in [0.15, 0.2) is 0 Å². The van der Waals surface area contributed by atoms with E-state index in [-0.39, 0.29) is 33.8 Å². The lowest BCUT2D eigenvalue weighted by Gasteiger charge is -2.45. The van der Waals surface area contributed by atoms with E-state index in [2.05, 4.69) is 250 Å². The van der Waals surface area contributed by atoms with Gasteiger partial charge in [-0.15, -0.1) is 11.3 Å². The maximum Gasteiger partial charge on any atom is 0.266 e. The molecular weight excluding hydrogens is 856 g/mol. The molecule has 3 aliphatic rings. The summed E-state index contributed by atoms with van der Waals surface area (Å²) in [4.78, 5) is 13.5. The van der Waals surface area contributed by atoms with Crippen LogP contribution in [0.5, 0.6) is 0 Å². The zero-order valence-electron chi connectivity index (χ0n) is 43.0. The number of anilines is 9. The first-order valence-corrected chi connectivity index (χ1v) is 25.9. The molecule has 2 aliphatic heterocycles. The molecule has 8 aromatic rings. The topological polar surface area (TPSA) is 22.6 Å². The molecule has 0 bridgehead atoms. The quantitative estimate of drug-likeness (QED) is 0.160. The van der Waals surface area contributed by atoms with Crippen molar-refractivity contribution in [3.05, 3.63) is 173 Å². The first-order chi connectivity index (χ1) is 32.6. The molecule has 0 amide bonds. The Kier molecular flexibility index (Phi) is 10.3. The fourth-order valence-corrected chi connectivity index (χ4v) is 12.6. The number of hydrogen-bond donors (Lipinski definition) is 0. The smallest absolute Gasteiger partial charge is 0.266 e. The van der Waals surface area contributed by atoms with E-state index in [4.69, 9.17) is 4.98 Å². The fraction of sp³-hybridized carbons (Fsp3) is 0.317. The molecule has 348 valence electrons. The predicted octanol–water partition coefficient (Wildman–Crippen LogP) is 16.1. The van der Waals surface area contributed by atoms with Crippen LogP contribution < -0.4 is 30.4 Å². The summed E-state index contributed by atoms with van der Waals surface area (Å²) in [6.45, 7) is 30.7. The SMILES string of the molecule is CC(C)(C)c1ccc(N2c3ccc(C(C)(C)C)cc3B3c4sc5ccc(C(C)(C)C)cc5c4N(c4ccc5c(c4)C(C)(C)CCC5(C)C)c4cc(N(c5ccccc5)c5ccccc5)nc2c43)cc1. The number of aromatic nitrogens is 1. The minimum atomic E-state index is -0.0596. The summed E-state index contributed by atoms with van der Waals surface area (Å²) in [6.07, 6.45) is 2.32. The number of benzene rings is 6. The van der Waals surface area contributed by atoms with Gasteiger partial charge in [-0.05, 0) is 145 Å². The molecule has 4 nitrogen and oxygen atoms in total. The van der Waals surface area contributed by atoms with Crippen LogP contribution >= 0.6 is 11.3 Å². The molecule has 0 saturated heterocycles. The maximum absolute atomic E-state index is 6.00. The lowest BCUT2D eigenvalue weighted by atomic mass is 9.36. The van der Waals surface area contributed by atoms with Crippen LogP contribution in [0.25, 0.3) is 10.1 Å². The van der Waals surface area contributed by atoms with Gasteiger partial charge < -0.3 is 4.90 Å². The number of thiophene rings is 1. The minimum Gasteiger partial charge on any atom is -0.310 e. The van der Waals surface area contributed by atoms with Crippen LogP contribution in [0.2, 0.25) is 0 Å². The number of rotatable bonds is 5. The van der Waals surface area contributed by atoms with Crippen LogP contribution in [0.15, 0.2) is 146 Å². The Bertz CT molecular complexity index is 3250. The molecule has 2 aromatic heterocycles. The predicted molar refractivity (Wildman–Crippen MR) is 300 cm³/mol. The number of para-hydroxylation sites is 2. The summed E-state index contributed by atoms with van der Waals surface area (Å²) in [5, 5.41) is 1.31. The monoisotopic (exact) mass is 923 g/mol. The number of hydrogen-bond acceptors (Lipinski definition) is 5. The normalized spacial score (nSPS) is 15.9. The molecule has 11 rings (SSSR count). The van der Waals surface area contributed by atoms with Crippen molar-refractivity contribution in [3.8, 4) is 0 Å². The van der Waals surface area contributed by atoms with Crippen LogP contribution in [0.4, 0.5) is 51.4 Å². The molecule has 0 fully saturated rings. The van der Waals surface area contributed by atoms with E-state index in [1.807, 2.05) is 11.3 Å². The van der Waals surface area contributed by atoms with E-state index < -0.39 is 0 Å². The summed E-state index contributed by atoms with van der Waals surface area (Å²) in [7, 11) is 0. The van der Waals surface area contributed by atoms with Crippen LogP contribution in [-0.2, 0) is 27.1 Å². The van der Waals surface area contributed by atoms with Crippen molar-refractivity contribution in [1.82, 2.24) is 4.98 Å². The van der Waals surface area contributed by atoms with Gasteiger partial charge in [-0.2, -0.15) is 0 Å². The van der Waals surface area contributed by atoms with Gasteiger partial charge in [-0.1, -0.05) is 163 Å². The highest BCUT2D eigenvalue weighted by molar-refractivity contribution is 7.33. The highest BCUT2D eigenvalue weighted by atomic mass is 32.1. The van der Waals surface area contributed by atoms with Gasteiger partial charge in [0, 0.05) is 55.1 Å². The molecule has 0 atom stereocenters. The molecule has 4 heterocycles. The Morgan fingerprint density at radius 2 is 1.09 bits per heavy atom. The van der Waals surface area contributed by atoms with Crippen molar-refractivity contribution >= 4 is 95.3 Å². The Morgan fingerprint density at radius 1 is 0.536 bits per heavy atom. The minimum absolute atomic E-state index is 0.0117. The Morgan fingerprint density at radius 3 is 1.70 bits per heavy atom. The molecule has 6 heteroatoms. The van der Waals surface area contributed by atoms with Crippen molar-refractivity contribution in [2.24, 2.45) is 0 Å². The molecule has 0 saturated carbocycles. The van der Waals surface area contributed by atoms with Gasteiger partial charge in [0.25, 0.3) is 6.71 Å². The first-order valence-electron chi connectivity index (χ1n) is 25.1. The third-order valence-corrected chi connectivity index (χ3v) is 16.8. The third-order valence-electron chi connectivity index (χ3n) is 15.6. The molecule has 0 N–H and O–H groups in total. The first kappa shape index (κ1) is 45.3. The second-order valence-electron chi connectivity index (χ2n) is 24.4. The van der Waals surface area contributed by atoms with Crippen LogP contribution in [0.1, 0.15) is 131 Å². The lowest BCUT2D eigenvalue weighted by Crippen LogP contribution is -2.61. The van der Waals surface area contributed by atoms with Gasteiger partial charge in [0.05, 0.1) is 5.69 Å². The van der Waals surface area contributed by atoms with Crippen LogP contribution in [0.3, 0.4) is 0 Å². The molecular formula is C63H67BN4S. The number of nitrogens with zero attached hydrogens (tertiary/aromatic N) is 4. The van der Waals surface area contributed by atoms with Gasteiger partial charge in [0.2, 0.25) is 0 Å². The van der Waals surface area contributed by atoms with E-state index >= 15 is 0 Å². The van der Waals surface area contributed by atoms with Crippen molar-refractivity contribution < 1.29 is 0 Å². The van der Waals surface area contributed by atoms with Crippen molar-refractivity contribution in [2.75, 3.05) is 14.7 Å². The standard InChI is InChI=1S/C63H67BN4S/c1-59(2,3)40-24-28-45(29-25-40)68-51-32-26-42(61(7,8)9)37-50(51)64-55-52(39-54(65-58(55)68)66(43-20-16-14-17-21-43)44-22-18-15-19-23-44)67(46-30-31-48-49(38-46)63(12,13)35-34-62(48,10)11)56-47-36-41(60(4,5)6)27-33-53(47)69-57(56)64/h14-33,36-39H,34-35H2,1-13H3. The van der Waals surface area contributed by atoms with Gasteiger partial charge in [0.1, 0.15) is 11.6 Å². The summed E-state index contributed by atoms with van der Waals surface area (Å²) in [5.41, 5.74) is 17.6. The molecule has 69 heavy (non-hydrogen) atoms. The van der Waals surface area contributed by atoms with E-state index in [0.29, 0.717) is 0 Å². The fourth-order valence-electron chi connectivity index (χ4n) is 11.3. The Hall–Kier alpha value is -6.11. The highest BCUT2D eigenvalue weighted by Crippen LogP contribution is 2.53. The van der Waals surface area contributed by atoms with E-state index in [1.165, 1.54) is 82.8 Å². The van der Waals surface area contributed by atoms with Crippen molar-refractivity contribution in [2.45, 2.75) is 130 Å². The average Bonchev–Trinajstić information content (AvgIpc) is 3.69. The van der Waals surface area contributed by atoms with E-state index in [0.717, 1.165) is 35.1 Å². The third kappa shape index (κ3) is 7.51. The average molecular weight is 923 g/mol. The second-order valence-corrected chi connectivity index (χ2v) is 25.5. The summed E-state index contributed by atoms with van der Waals surface area (Å²) in [5.74, 6) is 1.83. The van der Waals surface area contributed by atoms with Crippen molar-refractivity contribution in [1.29, 1.82) is 0 Å². The molecule has 6 aromatic carbocycles. The summed E-state index contributed by atoms with van der Waals surface area (Å²) in [6, 6.07) is 55.3. The van der Waals surface area contributed by atoms with Gasteiger partial charge >= 0.3 is 0 Å². The zero-order chi connectivity index (χ0) is 48.6. The highest BCUT2D eigenvalue weighted by Gasteiger charge is 2.48. The van der Waals surface area contributed by atoms with Gasteiger partial charge in [-0.3, -0.25) is 9.80 Å². The lowest BCUT2D eigenvalue weighted by molar-refractivity contribution is 0.332. The maximum atomic E-state index is 6.00. The molecule has 0 unspecified atom stereocenters. The number of pyridine rings is 1. The second kappa shape index (κ2) is 15.7. The Balaban J connectivity index is 1.30. The largest absolute Gasteiger partial charge is 0.310 e. The van der Waals surface area contributed by atoms with E-state index in [1.54, 1.807) is 0 Å². The molecule has 0 radical (unpaired) electrons. The van der Waals surface area contributed by atoms with Gasteiger partial charge in [-0.25, -0.2) is 4.98 Å². The molecule has 1 aliphatic carbocycles. The zero-order valence-corrected chi connectivity index (χ0v) is 43.9. The Labute approximate surface area is 416 Å². The van der Waals surface area contributed by atoms with Crippen molar-refractivity contribution in [3.63, 3.8) is 0 Å². The summed E-state index contributed by atoms with van der Waals surface area (Å²) >= 11 is 1.97. The molecule has 0 spiro atoms. The summed E-state index contributed by atoms with van der Waals surface area (Å²) < 4.78 is 2.68. The number of fused-ring (bicyclic) bond motifs is 7.